The fourth-order valence-electron chi connectivity index (χ4n) is 9.60. The summed E-state index contributed by atoms with van der Waals surface area (Å²) in [4.78, 5) is 57.0. The number of aromatic amines is 1. The van der Waals surface area contributed by atoms with Crippen LogP contribution in [0.5, 0.6) is 0 Å². The van der Waals surface area contributed by atoms with Gasteiger partial charge in [0.05, 0.1) is 11.0 Å². The van der Waals surface area contributed by atoms with Crippen LogP contribution in [0.2, 0.25) is 0 Å². The molecule has 404 valence electrons. The second-order valence-electron chi connectivity index (χ2n) is 18.5. The Hall–Kier alpha value is -8.59. The Morgan fingerprint density at radius 3 is 1.18 bits per heavy atom. The van der Waals surface area contributed by atoms with Gasteiger partial charge < -0.3 is 19.9 Å². The number of nitrogens with one attached hydrogen (secondary N) is 1. The number of H-pyrrole nitrogens is 1. The smallest absolute Gasteiger partial charge is 0.300 e. The number of carboxylic acid groups (broad SMARTS) is 1. The van der Waals surface area contributed by atoms with Crippen molar-refractivity contribution in [2.24, 2.45) is 0 Å². The number of carbonyl (C=O) groups excluding carboxylic acids is 3. The highest BCUT2D eigenvalue weighted by molar-refractivity contribution is 9.11. The van der Waals surface area contributed by atoms with E-state index < -0.39 is 17.5 Å². The van der Waals surface area contributed by atoms with E-state index in [-0.39, 0.29) is 7.43 Å². The quantitative estimate of drug-likeness (QED) is 0.0876. The Labute approximate surface area is 508 Å². The number of carbonyl (C=O) groups is 4. The molecule has 0 saturated carbocycles. The van der Waals surface area contributed by atoms with E-state index in [1.165, 1.54) is 10.8 Å². The summed E-state index contributed by atoms with van der Waals surface area (Å²) in [5.41, 5.74) is 12.8. The van der Waals surface area contributed by atoms with Crippen molar-refractivity contribution in [3.8, 4) is 22.5 Å². The van der Waals surface area contributed by atoms with E-state index in [0.29, 0.717) is 16.7 Å². The molecule has 12 aromatic rings. The highest BCUT2D eigenvalue weighted by Gasteiger charge is 2.30. The van der Waals surface area contributed by atoms with Crippen molar-refractivity contribution >= 4 is 154 Å². The van der Waals surface area contributed by atoms with Gasteiger partial charge in [0.1, 0.15) is 12.1 Å². The number of halogens is 4. The lowest BCUT2D eigenvalue weighted by atomic mass is 9.84. The van der Waals surface area contributed by atoms with Crippen LogP contribution in [0.3, 0.4) is 0 Å². The summed E-state index contributed by atoms with van der Waals surface area (Å²) in [7, 11) is 0. The number of para-hydroxylation sites is 4. The first-order valence-corrected chi connectivity index (χ1v) is 28.6. The molecule has 13 heteroatoms. The molecule has 1 aliphatic rings. The lowest BCUT2D eigenvalue weighted by molar-refractivity contribution is -0.134. The third kappa shape index (κ3) is 12.9. The van der Waals surface area contributed by atoms with Gasteiger partial charge in [-0.1, -0.05) is 156 Å². The summed E-state index contributed by atoms with van der Waals surface area (Å²) in [6.07, 6.45) is 0.860. The van der Waals surface area contributed by atoms with Crippen LogP contribution in [0.1, 0.15) is 45.4 Å². The number of rotatable bonds is 8. The summed E-state index contributed by atoms with van der Waals surface area (Å²) in [6.45, 7) is 1.08. The van der Waals surface area contributed by atoms with Crippen LogP contribution in [-0.4, -0.2) is 38.9 Å². The molecule has 0 saturated heterocycles. The van der Waals surface area contributed by atoms with E-state index in [1.54, 1.807) is 24.3 Å². The number of fused-ring (bicyclic) bond motifs is 9. The van der Waals surface area contributed by atoms with Gasteiger partial charge in [0, 0.05) is 92.0 Å². The predicted octanol–water partition coefficient (Wildman–Crippen LogP) is 20.5. The van der Waals surface area contributed by atoms with E-state index in [2.05, 4.69) is 212 Å². The van der Waals surface area contributed by atoms with Crippen LogP contribution in [0.4, 0.5) is 34.1 Å². The van der Waals surface area contributed by atoms with Crippen LogP contribution in [-0.2, 0) is 4.79 Å². The molecule has 11 aromatic carbocycles. The monoisotopic (exact) mass is 1330 g/mol. The molecule has 0 bridgehead atoms. The molecule has 1 aliphatic carbocycles. The van der Waals surface area contributed by atoms with Crippen molar-refractivity contribution in [1.82, 2.24) is 9.97 Å². The minimum absolute atomic E-state index is 0. The number of hydrogen-bond acceptors (Lipinski definition) is 7. The van der Waals surface area contributed by atoms with Crippen molar-refractivity contribution in [1.29, 1.82) is 0 Å². The predicted molar refractivity (Wildman–Crippen MR) is 349 cm³/mol. The van der Waals surface area contributed by atoms with Gasteiger partial charge in [0.25, 0.3) is 5.97 Å². The molecule has 0 atom stereocenters. The van der Waals surface area contributed by atoms with Crippen molar-refractivity contribution in [3.63, 3.8) is 0 Å². The number of aromatic nitrogens is 2. The summed E-state index contributed by atoms with van der Waals surface area (Å²) in [5.74, 6) is -0.850. The molecule has 1 heterocycles. The minimum Gasteiger partial charge on any atom is -0.481 e. The number of nitrogens with zero attached hydrogens (tertiary/aromatic N) is 3. The van der Waals surface area contributed by atoms with E-state index in [4.69, 9.17) is 14.9 Å². The molecule has 82 heavy (non-hydrogen) atoms. The molecule has 0 fully saturated rings. The topological polar surface area (TPSA) is 124 Å². The Morgan fingerprint density at radius 2 is 0.780 bits per heavy atom. The second-order valence-corrected chi connectivity index (χ2v) is 22.2. The Balaban J connectivity index is 0.000000156. The number of hydrogen-bond donors (Lipinski definition) is 2. The number of imidazole rings is 1. The van der Waals surface area contributed by atoms with Gasteiger partial charge in [-0.3, -0.25) is 19.2 Å². The van der Waals surface area contributed by atoms with Gasteiger partial charge in [-0.2, -0.15) is 0 Å². The number of aliphatic carboxylic acids is 1. The fourth-order valence-corrected chi connectivity index (χ4v) is 11.0. The highest BCUT2D eigenvalue weighted by Crippen LogP contribution is 2.41. The SMILES string of the molecule is Brc1ccc2c(c1)c1cc(Br)ccc1c1[nH]c(-c3ccc(N(c4ccccc4)c4ccccc4)cc3)nc21.C.CC(=O)O.O=C1C(=O)c2ccc(Br)cc2-c2cc(Br)ccc21.O=Cc1ccc(N(c2ccccc2)c2ccccc2)cc1. The van der Waals surface area contributed by atoms with Crippen molar-refractivity contribution in [2.45, 2.75) is 14.4 Å². The molecular weight excluding hydrogens is 1280 g/mol. The number of Topliss-reactive ketones (excluding diaryl/α,β-unsaturated/α-hetero) is 2. The van der Waals surface area contributed by atoms with E-state index in [0.717, 1.165) is 110 Å². The summed E-state index contributed by atoms with van der Waals surface area (Å²) in [5, 5.41) is 12.1. The van der Waals surface area contributed by atoms with Crippen LogP contribution in [0.25, 0.3) is 55.1 Å². The maximum absolute atomic E-state index is 12.0. The number of carboxylic acids is 1. The van der Waals surface area contributed by atoms with E-state index in [9.17, 15) is 14.4 Å². The number of anilines is 6. The number of benzene rings is 11. The first-order valence-electron chi connectivity index (χ1n) is 25.4. The first kappa shape index (κ1) is 58.1. The maximum atomic E-state index is 12.0. The molecule has 0 spiro atoms. The molecule has 0 amide bonds. The van der Waals surface area contributed by atoms with Crippen LogP contribution >= 0.6 is 63.7 Å². The zero-order valence-electron chi connectivity index (χ0n) is 43.1. The maximum Gasteiger partial charge on any atom is 0.300 e. The average molecular weight is 1330 g/mol. The van der Waals surface area contributed by atoms with Crippen LogP contribution in [0.15, 0.2) is 261 Å². The van der Waals surface area contributed by atoms with Crippen LogP contribution < -0.4 is 9.80 Å². The van der Waals surface area contributed by atoms with Gasteiger partial charge in [-0.25, -0.2) is 4.98 Å². The molecule has 13 rings (SSSR count). The molecule has 0 aliphatic heterocycles. The number of ketones is 2. The lowest BCUT2D eigenvalue weighted by Crippen LogP contribution is -2.21. The average Bonchev–Trinajstić information content (AvgIpc) is 3.95. The number of aldehydes is 1. The largest absolute Gasteiger partial charge is 0.481 e. The zero-order chi connectivity index (χ0) is 56.6. The van der Waals surface area contributed by atoms with E-state index >= 15 is 0 Å². The van der Waals surface area contributed by atoms with Crippen LogP contribution in [0, 0.1) is 0 Å². The minimum atomic E-state index is -0.833. The molecule has 0 unspecified atom stereocenters. The molecular formula is C69H50Br4N4O5. The standard InChI is InChI=1S/C33H21Br2N3.C19H15NO.C14H6Br2O2.C2H4O2.CH4/c34-22-13-17-27-29(19-22)30-20-23(35)14-18-28(30)32-31(27)36-33(37-32)21-11-15-26(16-12-21)38(24-7-3-1-4-8-24)25-9-5-2-6-10-25;21-15-16-11-13-19(14-12-16)20(17-7-3-1-4-8-17)18-9-5-2-6-10-18;15-7-1-3-9-11(5-7)12-6-8(16)2-4-10(12)14(18)13(9)17;1-2(3)4;/h1-20H,(H,36,37);1-15H;1-6H;1H3,(H,3,4);1H4. The first-order chi connectivity index (χ1) is 39.3. The van der Waals surface area contributed by atoms with E-state index in [1.807, 2.05) is 84.9 Å². The second kappa shape index (κ2) is 26.3. The zero-order valence-corrected chi connectivity index (χ0v) is 49.4. The van der Waals surface area contributed by atoms with Gasteiger partial charge in [-0.15, -0.1) is 0 Å². The Morgan fingerprint density at radius 1 is 0.439 bits per heavy atom. The van der Waals surface area contributed by atoms with Crippen molar-refractivity contribution in [3.05, 3.63) is 277 Å². The van der Waals surface area contributed by atoms with Gasteiger partial charge >= 0.3 is 0 Å². The molecule has 9 nitrogen and oxygen atoms in total. The lowest BCUT2D eigenvalue weighted by Gasteiger charge is -2.25. The van der Waals surface area contributed by atoms with Crippen molar-refractivity contribution < 1.29 is 24.3 Å². The van der Waals surface area contributed by atoms with Crippen molar-refractivity contribution in [2.75, 3.05) is 9.80 Å². The Bertz CT molecular complexity index is 4040. The van der Waals surface area contributed by atoms with Gasteiger partial charge in [-0.05, 0) is 180 Å². The summed E-state index contributed by atoms with van der Waals surface area (Å²) >= 11 is 14.1. The molecule has 1 aromatic heterocycles. The third-order valence-corrected chi connectivity index (χ3v) is 15.1. The highest BCUT2D eigenvalue weighted by atomic mass is 79.9. The molecule has 2 N–H and O–H groups in total. The third-order valence-electron chi connectivity index (χ3n) is 13.2. The molecule has 0 radical (unpaired) electrons. The van der Waals surface area contributed by atoms with Gasteiger partial charge in [0.2, 0.25) is 11.6 Å². The normalized spacial score (nSPS) is 11.1. The summed E-state index contributed by atoms with van der Waals surface area (Å²) in [6, 6.07) is 80.9. The Kier molecular flexibility index (Phi) is 18.7. The fraction of sp³-hybridized carbons (Fsp3) is 0.0290. The van der Waals surface area contributed by atoms with Gasteiger partial charge in [0.15, 0.2) is 0 Å². The summed E-state index contributed by atoms with van der Waals surface area (Å²) < 4.78 is 3.88.